The van der Waals surface area contributed by atoms with Crippen molar-refractivity contribution in [3.05, 3.63) is 17.1 Å². The van der Waals surface area contributed by atoms with Crippen molar-refractivity contribution in [1.82, 2.24) is 25.5 Å². The second-order valence-electron chi connectivity index (χ2n) is 7.51. The van der Waals surface area contributed by atoms with Crippen LogP contribution >= 0.6 is 12.4 Å². The van der Waals surface area contributed by atoms with Crippen LogP contribution in [0.4, 0.5) is 5.82 Å². The fourth-order valence-corrected chi connectivity index (χ4v) is 3.92. The number of hydrogen-bond donors (Lipinski definition) is 3. The number of carbonyl (C=O) groups is 1. The average Bonchev–Trinajstić information content (AvgIpc) is 2.67. The highest BCUT2D eigenvalue weighted by Crippen LogP contribution is 2.28. The van der Waals surface area contributed by atoms with Gasteiger partial charge in [-0.25, -0.2) is 9.97 Å². The van der Waals surface area contributed by atoms with Crippen LogP contribution in [0.5, 0.6) is 0 Å². The van der Waals surface area contributed by atoms with Gasteiger partial charge in [-0.3, -0.25) is 9.69 Å². The largest absolute Gasteiger partial charge is 0.383 e. The van der Waals surface area contributed by atoms with Gasteiger partial charge in [0.05, 0.1) is 18.8 Å². The van der Waals surface area contributed by atoms with Crippen molar-refractivity contribution >= 4 is 24.1 Å². The van der Waals surface area contributed by atoms with Gasteiger partial charge >= 0.3 is 0 Å². The number of halogens is 1. The number of rotatable bonds is 7. The van der Waals surface area contributed by atoms with Crippen molar-refractivity contribution in [1.29, 1.82) is 0 Å². The van der Waals surface area contributed by atoms with Crippen LogP contribution in [0.2, 0.25) is 0 Å². The van der Waals surface area contributed by atoms with Crippen LogP contribution in [0, 0.1) is 0 Å². The maximum Gasteiger partial charge on any atom is 0.234 e. The van der Waals surface area contributed by atoms with Gasteiger partial charge in [0.25, 0.3) is 0 Å². The normalized spacial score (nSPS) is 18.7. The van der Waals surface area contributed by atoms with Gasteiger partial charge in [-0.05, 0) is 39.3 Å². The Morgan fingerprint density at radius 2 is 2.11 bits per heavy atom. The summed E-state index contributed by atoms with van der Waals surface area (Å²) in [5.41, 5.74) is 2.26. The molecule has 0 saturated carbocycles. The molecule has 1 aromatic heterocycles. The van der Waals surface area contributed by atoms with E-state index in [9.17, 15) is 4.79 Å². The summed E-state index contributed by atoms with van der Waals surface area (Å²) in [6.45, 7) is 6.42. The van der Waals surface area contributed by atoms with Gasteiger partial charge in [-0.1, -0.05) is 0 Å². The molecule has 158 valence electrons. The second-order valence-corrected chi connectivity index (χ2v) is 7.51. The molecule has 3 N–H and O–H groups in total. The van der Waals surface area contributed by atoms with Crippen molar-refractivity contribution < 1.29 is 9.53 Å². The Balaban J connectivity index is 0.00000280. The fraction of sp³-hybridized carbons (Fsp3) is 0.737. The molecule has 0 bridgehead atoms. The zero-order valence-electron chi connectivity index (χ0n) is 17.1. The molecule has 1 atom stereocenters. The summed E-state index contributed by atoms with van der Waals surface area (Å²) < 4.78 is 5.08. The Labute approximate surface area is 173 Å². The lowest BCUT2D eigenvalue weighted by atomic mass is 9.96. The number of hydrogen-bond acceptors (Lipinski definition) is 7. The summed E-state index contributed by atoms with van der Waals surface area (Å²) in [5, 5.41) is 9.63. The molecule has 2 aliphatic rings. The molecular formula is C19H33ClN6O2. The van der Waals surface area contributed by atoms with E-state index in [0.29, 0.717) is 25.6 Å². The van der Waals surface area contributed by atoms with Gasteiger partial charge in [0.15, 0.2) is 0 Å². The van der Waals surface area contributed by atoms with Crippen molar-refractivity contribution in [3.63, 3.8) is 0 Å². The van der Waals surface area contributed by atoms with Crippen LogP contribution in [-0.4, -0.2) is 73.8 Å². The van der Waals surface area contributed by atoms with E-state index < -0.39 is 0 Å². The van der Waals surface area contributed by atoms with E-state index >= 15 is 0 Å². The average molecular weight is 413 g/mol. The molecule has 9 heteroatoms. The molecule has 0 aromatic carbocycles. The van der Waals surface area contributed by atoms with Gasteiger partial charge in [-0.2, -0.15) is 0 Å². The Hall–Kier alpha value is -1.48. The Morgan fingerprint density at radius 1 is 1.36 bits per heavy atom. The predicted molar refractivity (Wildman–Crippen MR) is 112 cm³/mol. The molecule has 1 aromatic rings. The van der Waals surface area contributed by atoms with E-state index in [1.54, 1.807) is 7.11 Å². The summed E-state index contributed by atoms with van der Waals surface area (Å²) in [5.74, 6) is 2.34. The van der Waals surface area contributed by atoms with Gasteiger partial charge in [0, 0.05) is 44.8 Å². The molecule has 28 heavy (non-hydrogen) atoms. The molecule has 1 unspecified atom stereocenters. The zero-order chi connectivity index (χ0) is 19.2. The molecule has 0 radical (unpaired) electrons. The summed E-state index contributed by atoms with van der Waals surface area (Å²) in [6.07, 6.45) is 3.01. The van der Waals surface area contributed by atoms with E-state index in [2.05, 4.69) is 20.9 Å². The standard InChI is InChI=1S/C19H32N6O2.ClH/c1-13(12-27-3)22-17(26)11-25-9-6-15-16(10-25)23-18(24-19(15)20-2)14-4-7-21-8-5-14;/h13-14,21H,4-12H2,1-3H3,(H,22,26)(H,20,23,24);1H. The third-order valence-electron chi connectivity index (χ3n) is 5.29. The Bertz CT molecular complexity index is 654. The van der Waals surface area contributed by atoms with E-state index in [-0.39, 0.29) is 24.4 Å². The maximum atomic E-state index is 12.3. The molecule has 0 spiro atoms. The molecule has 8 nitrogen and oxygen atoms in total. The molecular weight excluding hydrogens is 380 g/mol. The molecule has 3 heterocycles. The van der Waals surface area contributed by atoms with E-state index in [4.69, 9.17) is 14.7 Å². The van der Waals surface area contributed by atoms with Gasteiger partial charge in [0.1, 0.15) is 11.6 Å². The monoisotopic (exact) mass is 412 g/mol. The lowest BCUT2D eigenvalue weighted by Crippen LogP contribution is -2.44. The highest BCUT2D eigenvalue weighted by molar-refractivity contribution is 5.85. The summed E-state index contributed by atoms with van der Waals surface area (Å²) in [4.78, 5) is 24.2. The van der Waals surface area contributed by atoms with Crippen molar-refractivity contribution in [2.24, 2.45) is 0 Å². The zero-order valence-corrected chi connectivity index (χ0v) is 17.9. The van der Waals surface area contributed by atoms with Crippen LogP contribution in [0.15, 0.2) is 0 Å². The summed E-state index contributed by atoms with van der Waals surface area (Å²) >= 11 is 0. The van der Waals surface area contributed by atoms with Crippen molar-refractivity contribution in [3.8, 4) is 0 Å². The lowest BCUT2D eigenvalue weighted by Gasteiger charge is -2.30. The van der Waals surface area contributed by atoms with Crippen molar-refractivity contribution in [2.75, 3.05) is 52.3 Å². The number of carbonyl (C=O) groups excluding carboxylic acids is 1. The minimum Gasteiger partial charge on any atom is -0.383 e. The molecule has 1 saturated heterocycles. The van der Waals surface area contributed by atoms with Crippen LogP contribution in [0.1, 0.15) is 42.8 Å². The number of nitrogens with zero attached hydrogens (tertiary/aromatic N) is 3. The first kappa shape index (κ1) is 22.8. The molecule has 1 amide bonds. The second kappa shape index (κ2) is 10.9. The van der Waals surface area contributed by atoms with Gasteiger partial charge in [0.2, 0.25) is 5.91 Å². The number of aromatic nitrogens is 2. The topological polar surface area (TPSA) is 91.4 Å². The van der Waals surface area contributed by atoms with Crippen molar-refractivity contribution in [2.45, 2.75) is 44.7 Å². The Morgan fingerprint density at radius 3 is 2.79 bits per heavy atom. The SMILES string of the molecule is CNc1nc(C2CCNCC2)nc2c1CCN(CC(=O)NC(C)COC)C2.Cl. The van der Waals surface area contributed by atoms with Gasteiger partial charge in [-0.15, -0.1) is 12.4 Å². The Kier molecular flexibility index (Phi) is 8.88. The number of ether oxygens (including phenoxy) is 1. The summed E-state index contributed by atoms with van der Waals surface area (Å²) in [7, 11) is 3.56. The third kappa shape index (κ3) is 5.76. The van der Waals surface area contributed by atoms with Crippen LogP contribution < -0.4 is 16.0 Å². The van der Waals surface area contributed by atoms with E-state index in [1.165, 1.54) is 5.56 Å². The molecule has 0 aliphatic carbocycles. The van der Waals surface area contributed by atoms with Crippen LogP contribution in [-0.2, 0) is 22.5 Å². The summed E-state index contributed by atoms with van der Waals surface area (Å²) in [6, 6.07) is 0.0179. The third-order valence-corrected chi connectivity index (χ3v) is 5.29. The molecule has 3 rings (SSSR count). The van der Waals surface area contributed by atoms with Crippen LogP contribution in [0.25, 0.3) is 0 Å². The first-order valence-corrected chi connectivity index (χ1v) is 9.89. The number of piperidine rings is 1. The number of fused-ring (bicyclic) bond motifs is 1. The number of amides is 1. The maximum absolute atomic E-state index is 12.3. The first-order chi connectivity index (χ1) is 13.1. The van der Waals surface area contributed by atoms with Crippen LogP contribution in [0.3, 0.4) is 0 Å². The minimum absolute atomic E-state index is 0. The predicted octanol–water partition coefficient (Wildman–Crippen LogP) is 0.916. The number of nitrogens with one attached hydrogen (secondary N) is 3. The molecule has 2 aliphatic heterocycles. The number of methoxy groups -OCH3 is 1. The van der Waals surface area contributed by atoms with Gasteiger partial charge < -0.3 is 20.7 Å². The highest BCUT2D eigenvalue weighted by Gasteiger charge is 2.26. The number of anilines is 1. The molecule has 1 fully saturated rings. The minimum atomic E-state index is 0. The van der Waals surface area contributed by atoms with E-state index in [1.807, 2.05) is 14.0 Å². The quantitative estimate of drug-likeness (QED) is 0.613. The first-order valence-electron chi connectivity index (χ1n) is 9.89. The van der Waals surface area contributed by atoms with E-state index in [0.717, 1.165) is 56.2 Å². The smallest absolute Gasteiger partial charge is 0.234 e. The highest BCUT2D eigenvalue weighted by atomic mass is 35.5. The fourth-order valence-electron chi connectivity index (χ4n) is 3.92. The lowest BCUT2D eigenvalue weighted by molar-refractivity contribution is -0.123.